The number of nitrogens with zero attached hydrogens (tertiary/aromatic N) is 1. The topological polar surface area (TPSA) is 106 Å². The standard InChI is InChI=1S/C21H28ClN3O6/c1-6-25(7-2)9-8-23-18(26)13-10-15(22)16(11-17(13)29-5)24-12-14-19(27)30-21(3,4)31-20(14)28/h10-12,24H,6-9H2,1-5H3,(H,23,26). The first-order chi connectivity index (χ1) is 14.6. The molecule has 1 saturated heterocycles. The SMILES string of the molecule is CCN(CC)CCNC(=O)c1cc(Cl)c(NC=C2C(=O)OC(C)(C)OC2=O)cc1OC. The molecule has 1 aliphatic heterocycles. The van der Waals surface area contributed by atoms with Gasteiger partial charge >= 0.3 is 11.9 Å². The van der Waals surface area contributed by atoms with E-state index in [2.05, 4.69) is 29.4 Å². The molecule has 0 atom stereocenters. The molecule has 0 saturated carbocycles. The molecule has 1 aliphatic rings. The third-order valence-corrected chi connectivity index (χ3v) is 4.94. The van der Waals surface area contributed by atoms with Gasteiger partial charge in [0.05, 0.1) is 23.4 Å². The number of ether oxygens (including phenoxy) is 3. The third-order valence-electron chi connectivity index (χ3n) is 4.63. The minimum atomic E-state index is -1.33. The molecule has 0 aliphatic carbocycles. The summed E-state index contributed by atoms with van der Waals surface area (Å²) in [6, 6.07) is 2.96. The lowest BCUT2D eigenvalue weighted by atomic mass is 10.1. The van der Waals surface area contributed by atoms with Crippen molar-refractivity contribution in [2.24, 2.45) is 0 Å². The average molecular weight is 454 g/mol. The molecule has 9 nitrogen and oxygen atoms in total. The number of nitrogens with one attached hydrogen (secondary N) is 2. The summed E-state index contributed by atoms with van der Waals surface area (Å²) in [7, 11) is 1.43. The number of methoxy groups -OCH3 is 1. The van der Waals surface area contributed by atoms with Gasteiger partial charge in [-0.1, -0.05) is 25.4 Å². The summed E-state index contributed by atoms with van der Waals surface area (Å²) in [6.45, 7) is 10.0. The molecule has 2 rings (SSSR count). The van der Waals surface area contributed by atoms with E-state index in [9.17, 15) is 14.4 Å². The first-order valence-electron chi connectivity index (χ1n) is 9.93. The zero-order valence-electron chi connectivity index (χ0n) is 18.3. The molecule has 1 aromatic carbocycles. The van der Waals surface area contributed by atoms with E-state index in [1.165, 1.54) is 33.1 Å². The van der Waals surface area contributed by atoms with Gasteiger partial charge in [-0.2, -0.15) is 0 Å². The molecule has 0 bridgehead atoms. The molecular weight excluding hydrogens is 426 g/mol. The van der Waals surface area contributed by atoms with Crippen LogP contribution in [0.5, 0.6) is 5.75 Å². The van der Waals surface area contributed by atoms with Crippen molar-refractivity contribution >= 4 is 35.1 Å². The lowest BCUT2D eigenvalue weighted by molar-refractivity contribution is -0.222. The van der Waals surface area contributed by atoms with E-state index in [-0.39, 0.29) is 27.8 Å². The fraction of sp³-hybridized carbons (Fsp3) is 0.476. The number of carbonyl (C=O) groups excluding carboxylic acids is 3. The van der Waals surface area contributed by atoms with E-state index in [0.29, 0.717) is 12.2 Å². The molecule has 1 amide bonds. The van der Waals surface area contributed by atoms with Crippen molar-refractivity contribution in [1.29, 1.82) is 0 Å². The maximum Gasteiger partial charge on any atom is 0.350 e. The van der Waals surface area contributed by atoms with Gasteiger partial charge in [-0.15, -0.1) is 0 Å². The van der Waals surface area contributed by atoms with Crippen LogP contribution in [0.4, 0.5) is 5.69 Å². The molecule has 0 radical (unpaired) electrons. The van der Waals surface area contributed by atoms with Crippen molar-refractivity contribution in [1.82, 2.24) is 10.2 Å². The van der Waals surface area contributed by atoms with Crippen LogP contribution in [-0.2, 0) is 19.1 Å². The van der Waals surface area contributed by atoms with Gasteiger partial charge < -0.3 is 29.7 Å². The van der Waals surface area contributed by atoms with E-state index < -0.39 is 17.7 Å². The van der Waals surface area contributed by atoms with E-state index >= 15 is 0 Å². The smallest absolute Gasteiger partial charge is 0.350 e. The Morgan fingerprint density at radius 1 is 1.19 bits per heavy atom. The Morgan fingerprint density at radius 3 is 2.35 bits per heavy atom. The highest BCUT2D eigenvalue weighted by Gasteiger charge is 2.39. The Kier molecular flexibility index (Phi) is 8.29. The number of esters is 2. The van der Waals surface area contributed by atoms with Crippen LogP contribution < -0.4 is 15.4 Å². The van der Waals surface area contributed by atoms with Gasteiger partial charge in [0.15, 0.2) is 5.57 Å². The van der Waals surface area contributed by atoms with Crippen molar-refractivity contribution in [3.05, 3.63) is 34.5 Å². The number of rotatable bonds is 9. The van der Waals surface area contributed by atoms with Crippen molar-refractivity contribution in [3.63, 3.8) is 0 Å². The molecule has 2 N–H and O–H groups in total. The van der Waals surface area contributed by atoms with Gasteiger partial charge in [-0.25, -0.2) is 9.59 Å². The number of hydrogen-bond donors (Lipinski definition) is 2. The highest BCUT2D eigenvalue weighted by Crippen LogP contribution is 2.31. The van der Waals surface area contributed by atoms with Crippen LogP contribution in [0.2, 0.25) is 5.02 Å². The lowest BCUT2D eigenvalue weighted by Crippen LogP contribution is -2.42. The summed E-state index contributed by atoms with van der Waals surface area (Å²) < 4.78 is 15.4. The fourth-order valence-corrected chi connectivity index (χ4v) is 3.12. The zero-order valence-corrected chi connectivity index (χ0v) is 19.1. The minimum absolute atomic E-state index is 0.199. The largest absolute Gasteiger partial charge is 0.496 e. The number of likely N-dealkylation sites (N-methyl/N-ethyl adjacent to an activating group) is 1. The number of anilines is 1. The second-order valence-corrected chi connectivity index (χ2v) is 7.60. The van der Waals surface area contributed by atoms with Crippen LogP contribution in [0.25, 0.3) is 0 Å². The average Bonchev–Trinajstić information content (AvgIpc) is 2.70. The summed E-state index contributed by atoms with van der Waals surface area (Å²) in [5.41, 5.74) is 0.284. The van der Waals surface area contributed by atoms with E-state index in [0.717, 1.165) is 25.8 Å². The molecule has 0 unspecified atom stereocenters. The molecule has 170 valence electrons. The molecule has 1 heterocycles. The van der Waals surface area contributed by atoms with E-state index in [4.69, 9.17) is 25.8 Å². The van der Waals surface area contributed by atoms with Crippen LogP contribution in [0, 0.1) is 0 Å². The Labute approximate surface area is 186 Å². The van der Waals surface area contributed by atoms with Gasteiger partial charge in [0.1, 0.15) is 5.75 Å². The number of amides is 1. The second-order valence-electron chi connectivity index (χ2n) is 7.20. The summed E-state index contributed by atoms with van der Waals surface area (Å²) >= 11 is 6.30. The normalized spacial score (nSPS) is 15.3. The van der Waals surface area contributed by atoms with E-state index in [1.54, 1.807) is 0 Å². The molecule has 10 heteroatoms. The predicted molar refractivity (Wildman–Crippen MR) is 116 cm³/mol. The maximum absolute atomic E-state index is 12.6. The van der Waals surface area contributed by atoms with Crippen LogP contribution in [-0.4, -0.2) is 61.8 Å². The zero-order chi connectivity index (χ0) is 23.2. The minimum Gasteiger partial charge on any atom is -0.496 e. The molecule has 0 aromatic heterocycles. The fourth-order valence-electron chi connectivity index (χ4n) is 2.90. The number of hydrogen-bond acceptors (Lipinski definition) is 8. The number of halogens is 1. The van der Waals surface area contributed by atoms with Crippen molar-refractivity contribution < 1.29 is 28.6 Å². The number of cyclic esters (lactones) is 2. The molecular formula is C21H28ClN3O6. The number of benzene rings is 1. The second kappa shape index (κ2) is 10.5. The van der Waals surface area contributed by atoms with Crippen molar-refractivity contribution in [3.8, 4) is 5.75 Å². The van der Waals surface area contributed by atoms with Crippen molar-refractivity contribution in [2.45, 2.75) is 33.5 Å². The van der Waals surface area contributed by atoms with Gasteiger partial charge in [0, 0.05) is 39.2 Å². The summed E-state index contributed by atoms with van der Waals surface area (Å²) in [5.74, 6) is -3.01. The molecule has 0 spiro atoms. The monoisotopic (exact) mass is 453 g/mol. The summed E-state index contributed by atoms with van der Waals surface area (Å²) in [6.07, 6.45) is 1.14. The third kappa shape index (κ3) is 6.35. The van der Waals surface area contributed by atoms with Crippen LogP contribution in [0.15, 0.2) is 23.9 Å². The van der Waals surface area contributed by atoms with E-state index in [1.807, 2.05) is 0 Å². The summed E-state index contributed by atoms with van der Waals surface area (Å²) in [5, 5.41) is 5.82. The highest BCUT2D eigenvalue weighted by molar-refractivity contribution is 6.33. The maximum atomic E-state index is 12.6. The van der Waals surface area contributed by atoms with Gasteiger partial charge in [-0.05, 0) is 19.2 Å². The Morgan fingerprint density at radius 2 is 1.81 bits per heavy atom. The van der Waals surface area contributed by atoms with Crippen LogP contribution in [0.3, 0.4) is 0 Å². The van der Waals surface area contributed by atoms with Crippen LogP contribution >= 0.6 is 11.6 Å². The summed E-state index contributed by atoms with van der Waals surface area (Å²) in [4.78, 5) is 38.8. The first-order valence-corrected chi connectivity index (χ1v) is 10.3. The highest BCUT2D eigenvalue weighted by atomic mass is 35.5. The van der Waals surface area contributed by atoms with Crippen LogP contribution in [0.1, 0.15) is 38.1 Å². The molecule has 31 heavy (non-hydrogen) atoms. The predicted octanol–water partition coefficient (Wildman–Crippen LogP) is 2.55. The number of carbonyl (C=O) groups is 3. The van der Waals surface area contributed by atoms with Crippen molar-refractivity contribution in [2.75, 3.05) is 38.6 Å². The Hall–Kier alpha value is -2.78. The Balaban J connectivity index is 2.14. The molecule has 1 fully saturated rings. The van der Waals surface area contributed by atoms with Gasteiger partial charge in [-0.3, -0.25) is 4.79 Å². The molecule has 1 aromatic rings. The first kappa shape index (κ1) is 24.5. The quantitative estimate of drug-likeness (QED) is 0.334. The lowest BCUT2D eigenvalue weighted by Gasteiger charge is -2.29. The van der Waals surface area contributed by atoms with Gasteiger partial charge in [0.2, 0.25) is 0 Å². The van der Waals surface area contributed by atoms with Gasteiger partial charge in [0.25, 0.3) is 11.7 Å². The Bertz CT molecular complexity index is 858.